The van der Waals surface area contributed by atoms with E-state index in [9.17, 15) is 24.9 Å². The Hall–Kier alpha value is -1.26. The second-order valence-electron chi connectivity index (χ2n) is 7.96. The van der Waals surface area contributed by atoms with E-state index in [1.165, 1.54) is 4.90 Å². The molecule has 5 N–H and O–H groups in total. The molecule has 0 aromatic heterocycles. The van der Waals surface area contributed by atoms with Gasteiger partial charge in [0.15, 0.2) is 0 Å². The van der Waals surface area contributed by atoms with Crippen molar-refractivity contribution in [1.29, 1.82) is 0 Å². The minimum Gasteiger partial charge on any atom is -0.388 e. The molecule has 0 unspecified atom stereocenters. The second-order valence-corrected chi connectivity index (χ2v) is 7.96. The van der Waals surface area contributed by atoms with Crippen molar-refractivity contribution in [3.05, 3.63) is 0 Å². The third-order valence-electron chi connectivity index (χ3n) is 4.73. The Morgan fingerprint density at radius 1 is 1.04 bits per heavy atom. The molecule has 0 aromatic rings. The fraction of sp³-hybridized carbons (Fsp3) is 0.895. The molecule has 0 spiro atoms. The minimum absolute atomic E-state index is 0.110. The molecule has 28 heavy (non-hydrogen) atoms. The molecular weight excluding hydrogens is 366 g/mol. The van der Waals surface area contributed by atoms with E-state index in [2.05, 4.69) is 0 Å². The van der Waals surface area contributed by atoms with Gasteiger partial charge >= 0.3 is 0 Å². The average molecular weight is 404 g/mol. The number of amides is 2. The monoisotopic (exact) mass is 403 g/mol. The number of ether oxygens (including phenoxy) is 1. The van der Waals surface area contributed by atoms with Crippen LogP contribution in [0.15, 0.2) is 0 Å². The van der Waals surface area contributed by atoms with Gasteiger partial charge in [-0.05, 0) is 25.7 Å². The van der Waals surface area contributed by atoms with Crippen LogP contribution in [0.1, 0.15) is 40.0 Å². The maximum atomic E-state index is 12.6. The van der Waals surface area contributed by atoms with Crippen LogP contribution in [0, 0.1) is 5.92 Å². The van der Waals surface area contributed by atoms with Gasteiger partial charge in [0.05, 0.1) is 12.6 Å². The lowest BCUT2D eigenvalue weighted by Gasteiger charge is -2.33. The van der Waals surface area contributed by atoms with Crippen LogP contribution in [-0.4, -0.2) is 101 Å². The van der Waals surface area contributed by atoms with Crippen molar-refractivity contribution >= 4 is 11.8 Å². The van der Waals surface area contributed by atoms with Gasteiger partial charge < -0.3 is 35.6 Å². The first-order valence-corrected chi connectivity index (χ1v) is 10.1. The summed E-state index contributed by atoms with van der Waals surface area (Å²) in [5.41, 5.74) is 5.75. The molecular formula is C19H37N3O6. The fourth-order valence-corrected chi connectivity index (χ4v) is 3.06. The lowest BCUT2D eigenvalue weighted by atomic mass is 10.1. The molecule has 0 saturated carbocycles. The van der Waals surface area contributed by atoms with E-state index in [0.717, 1.165) is 0 Å². The Labute approximate surface area is 167 Å². The van der Waals surface area contributed by atoms with Crippen LogP contribution in [0.3, 0.4) is 0 Å². The Morgan fingerprint density at radius 2 is 1.68 bits per heavy atom. The lowest BCUT2D eigenvalue weighted by Crippen LogP contribution is -2.51. The average Bonchev–Trinajstić information content (AvgIpc) is 2.62. The predicted molar refractivity (Wildman–Crippen MR) is 104 cm³/mol. The molecule has 0 radical (unpaired) electrons. The number of β-amino-alcohol motifs (C(OH)–C–C–N with tert-alkyl or cyclic N) is 1. The zero-order valence-electron chi connectivity index (χ0n) is 17.3. The molecule has 1 heterocycles. The molecule has 9 nitrogen and oxygen atoms in total. The highest BCUT2D eigenvalue weighted by Gasteiger charge is 2.29. The summed E-state index contributed by atoms with van der Waals surface area (Å²) in [6.07, 6.45) is -2.34. The highest BCUT2D eigenvalue weighted by molar-refractivity contribution is 5.81. The van der Waals surface area contributed by atoms with Crippen molar-refractivity contribution in [3.63, 3.8) is 0 Å². The number of rotatable bonds is 3. The molecule has 4 atom stereocenters. The van der Waals surface area contributed by atoms with E-state index in [4.69, 9.17) is 10.5 Å². The quantitative estimate of drug-likeness (QED) is 0.471. The molecule has 1 aliphatic rings. The number of hydrogen-bond donors (Lipinski definition) is 4. The highest BCUT2D eigenvalue weighted by Crippen LogP contribution is 2.10. The van der Waals surface area contributed by atoms with Gasteiger partial charge in [-0.15, -0.1) is 0 Å². The van der Waals surface area contributed by atoms with E-state index in [0.29, 0.717) is 26.0 Å². The van der Waals surface area contributed by atoms with Gasteiger partial charge in [-0.2, -0.15) is 0 Å². The fourth-order valence-electron chi connectivity index (χ4n) is 3.06. The Kier molecular flexibility index (Phi) is 10.9. The largest absolute Gasteiger partial charge is 0.388 e. The number of carbonyl (C=O) groups is 2. The number of aliphatic hydroxyl groups is 3. The number of hydrogen-bond acceptors (Lipinski definition) is 7. The van der Waals surface area contributed by atoms with Crippen LogP contribution in [0.25, 0.3) is 0 Å². The summed E-state index contributed by atoms with van der Waals surface area (Å²) in [5, 5.41) is 30.5. The van der Waals surface area contributed by atoms with Crippen molar-refractivity contribution in [2.24, 2.45) is 11.7 Å². The van der Waals surface area contributed by atoms with Crippen molar-refractivity contribution in [1.82, 2.24) is 9.80 Å². The zero-order chi connectivity index (χ0) is 21.3. The summed E-state index contributed by atoms with van der Waals surface area (Å²) >= 11 is 0. The van der Waals surface area contributed by atoms with Crippen molar-refractivity contribution < 1.29 is 29.6 Å². The molecule has 1 aliphatic heterocycles. The Balaban J connectivity index is 2.96. The van der Waals surface area contributed by atoms with Gasteiger partial charge in [-0.1, -0.05) is 13.8 Å². The molecule has 1 fully saturated rings. The third kappa shape index (κ3) is 8.40. The molecule has 0 bridgehead atoms. The van der Waals surface area contributed by atoms with Crippen LogP contribution in [0.5, 0.6) is 0 Å². The third-order valence-corrected chi connectivity index (χ3v) is 4.73. The molecule has 1 rings (SSSR count). The van der Waals surface area contributed by atoms with Gasteiger partial charge in [0.25, 0.3) is 0 Å². The van der Waals surface area contributed by atoms with Gasteiger partial charge in [0, 0.05) is 39.2 Å². The highest BCUT2D eigenvalue weighted by atomic mass is 16.5. The normalized spacial score (nSPS) is 27.4. The summed E-state index contributed by atoms with van der Waals surface area (Å²) in [6.45, 7) is 6.59. The lowest BCUT2D eigenvalue weighted by molar-refractivity contribution is -0.140. The molecule has 0 aromatic carbocycles. The van der Waals surface area contributed by atoms with Gasteiger partial charge in [0.2, 0.25) is 11.8 Å². The van der Waals surface area contributed by atoms with Crippen LogP contribution in [0.4, 0.5) is 0 Å². The number of nitrogens with zero attached hydrogens (tertiary/aromatic N) is 2. The number of nitrogens with two attached hydrogens (primary N) is 1. The zero-order valence-corrected chi connectivity index (χ0v) is 17.3. The maximum absolute atomic E-state index is 12.6. The van der Waals surface area contributed by atoms with Crippen molar-refractivity contribution in [2.45, 2.75) is 64.4 Å². The molecule has 2 amide bonds. The second kappa shape index (κ2) is 12.3. The number of carbonyl (C=O) groups excluding carboxylic acids is 2. The predicted octanol–water partition coefficient (Wildman–Crippen LogP) is -1.07. The molecule has 0 aliphatic carbocycles. The minimum atomic E-state index is -1.43. The van der Waals surface area contributed by atoms with E-state index < -0.39 is 24.4 Å². The first-order valence-electron chi connectivity index (χ1n) is 10.1. The molecule has 1 saturated heterocycles. The molecule has 164 valence electrons. The smallest absolute Gasteiger partial charge is 0.239 e. The topological polar surface area (TPSA) is 137 Å². The first kappa shape index (κ1) is 24.8. The Morgan fingerprint density at radius 3 is 2.29 bits per heavy atom. The summed E-state index contributed by atoms with van der Waals surface area (Å²) in [5.74, 6) is -0.240. The summed E-state index contributed by atoms with van der Waals surface area (Å²) in [7, 11) is 0. The Bertz CT molecular complexity index is 488. The van der Waals surface area contributed by atoms with E-state index >= 15 is 0 Å². The van der Waals surface area contributed by atoms with Gasteiger partial charge in [-0.25, -0.2) is 0 Å². The maximum Gasteiger partial charge on any atom is 0.239 e. The van der Waals surface area contributed by atoms with Crippen molar-refractivity contribution in [2.75, 3.05) is 39.4 Å². The SMILES string of the molecule is CC(C)CC(=O)N1CCN(C(=O)[C@H](C)N)CCCCOC[C@@H](O)[C@H](O)[C@@H](O)C1. The van der Waals surface area contributed by atoms with Gasteiger partial charge in [-0.3, -0.25) is 9.59 Å². The van der Waals surface area contributed by atoms with Crippen LogP contribution in [0.2, 0.25) is 0 Å². The van der Waals surface area contributed by atoms with Gasteiger partial charge in [0.1, 0.15) is 18.3 Å². The van der Waals surface area contributed by atoms with Crippen LogP contribution >= 0.6 is 0 Å². The van der Waals surface area contributed by atoms with E-state index in [1.54, 1.807) is 11.8 Å². The first-order chi connectivity index (χ1) is 13.1. The summed E-state index contributed by atoms with van der Waals surface area (Å²) in [4.78, 5) is 28.1. The summed E-state index contributed by atoms with van der Waals surface area (Å²) < 4.78 is 5.35. The van der Waals surface area contributed by atoms with Crippen molar-refractivity contribution in [3.8, 4) is 0 Å². The number of aliphatic hydroxyl groups excluding tert-OH is 3. The summed E-state index contributed by atoms with van der Waals surface area (Å²) in [6, 6.07) is -0.641. The van der Waals surface area contributed by atoms with E-state index in [-0.39, 0.29) is 50.4 Å². The van der Waals surface area contributed by atoms with Crippen LogP contribution < -0.4 is 5.73 Å². The van der Waals surface area contributed by atoms with E-state index in [1.807, 2.05) is 13.8 Å². The molecule has 9 heteroatoms. The standard InChI is InChI=1S/C19H37N3O6/c1-13(2)10-17(25)22-8-7-21(19(27)14(3)20)6-4-5-9-28-12-16(24)18(26)15(23)11-22/h13-16,18,23-24,26H,4-12,20H2,1-3H3/t14-,15-,16+,18+/m0/s1. The van der Waals surface area contributed by atoms with Crippen LogP contribution in [-0.2, 0) is 14.3 Å².